The van der Waals surface area contributed by atoms with E-state index in [-0.39, 0.29) is 0 Å². The zero-order valence-corrected chi connectivity index (χ0v) is 10.2. The van der Waals surface area contributed by atoms with Crippen LogP contribution in [0.2, 0.25) is 0 Å². The monoisotopic (exact) mass is 226 g/mol. The van der Waals surface area contributed by atoms with Crippen LogP contribution < -0.4 is 0 Å². The number of hydrogen-bond acceptors (Lipinski definition) is 4. The first kappa shape index (κ1) is 14.4. The fraction of sp³-hybridized carbons (Fsp3) is 0.500. The molecule has 0 rings (SSSR count). The van der Waals surface area contributed by atoms with Crippen LogP contribution in [-0.2, 0) is 19.1 Å². The van der Waals surface area contributed by atoms with E-state index in [9.17, 15) is 9.59 Å². The van der Waals surface area contributed by atoms with Gasteiger partial charge in [0, 0.05) is 0 Å². The molecule has 0 N–H and O–H groups in total. The summed E-state index contributed by atoms with van der Waals surface area (Å²) in [6.07, 6.45) is 2.33. The number of ether oxygens (including phenoxy) is 2. The van der Waals surface area contributed by atoms with Gasteiger partial charge in [-0.1, -0.05) is 11.6 Å². The summed E-state index contributed by atoms with van der Waals surface area (Å²) in [6, 6.07) is 0. The number of methoxy groups -OCH3 is 2. The van der Waals surface area contributed by atoms with Gasteiger partial charge in [0.15, 0.2) is 5.92 Å². The van der Waals surface area contributed by atoms with Gasteiger partial charge in [-0.25, -0.2) is 0 Å². The summed E-state index contributed by atoms with van der Waals surface area (Å²) < 4.78 is 9.17. The number of allylic oxidation sites excluding steroid dienone is 2. The minimum atomic E-state index is -0.977. The fourth-order valence-electron chi connectivity index (χ4n) is 1.31. The van der Waals surface area contributed by atoms with Crippen molar-refractivity contribution < 1.29 is 19.1 Å². The van der Waals surface area contributed by atoms with Crippen molar-refractivity contribution in [1.29, 1.82) is 0 Å². The van der Waals surface area contributed by atoms with Gasteiger partial charge in [-0.05, 0) is 25.8 Å². The molecule has 0 aromatic heterocycles. The molecule has 0 fully saturated rings. The quantitative estimate of drug-likeness (QED) is 0.408. The second-order valence-electron chi connectivity index (χ2n) is 3.44. The Morgan fingerprint density at radius 2 is 1.62 bits per heavy atom. The normalized spacial score (nSPS) is 11.8. The first-order chi connectivity index (χ1) is 7.49. The number of carbonyl (C=O) groups excluding carboxylic acids is 2. The largest absolute Gasteiger partial charge is 0.468 e. The molecule has 0 saturated carbocycles. The van der Waals surface area contributed by atoms with E-state index in [0.717, 1.165) is 5.57 Å². The van der Waals surface area contributed by atoms with E-state index in [2.05, 4.69) is 16.1 Å². The average Bonchev–Trinajstić information content (AvgIpc) is 2.28. The molecule has 4 nitrogen and oxygen atoms in total. The van der Waals surface area contributed by atoms with Crippen LogP contribution in [-0.4, -0.2) is 26.2 Å². The SMILES string of the molecule is C=CC/C(C)=C(/C)C(C(=O)OC)C(=O)OC. The molecule has 0 amide bonds. The topological polar surface area (TPSA) is 52.6 Å². The zero-order valence-electron chi connectivity index (χ0n) is 10.2. The Morgan fingerprint density at radius 1 is 1.19 bits per heavy atom. The molecule has 0 aliphatic heterocycles. The van der Waals surface area contributed by atoms with Crippen molar-refractivity contribution in [3.63, 3.8) is 0 Å². The van der Waals surface area contributed by atoms with Gasteiger partial charge in [0.05, 0.1) is 14.2 Å². The van der Waals surface area contributed by atoms with Crippen LogP contribution in [0.25, 0.3) is 0 Å². The maximum absolute atomic E-state index is 11.5. The standard InChI is InChI=1S/C12H18O4/c1-6-7-8(2)9(3)10(11(13)15-4)12(14)16-5/h6,10H,1,7H2,2-5H3/b9-8-. The Morgan fingerprint density at radius 3 is 1.94 bits per heavy atom. The van der Waals surface area contributed by atoms with Crippen molar-refractivity contribution in [3.8, 4) is 0 Å². The number of rotatable bonds is 5. The molecular weight excluding hydrogens is 208 g/mol. The molecule has 4 heteroatoms. The second kappa shape index (κ2) is 6.82. The molecule has 0 atom stereocenters. The van der Waals surface area contributed by atoms with E-state index >= 15 is 0 Å². The van der Waals surface area contributed by atoms with Crippen LogP contribution in [0, 0.1) is 5.92 Å². The summed E-state index contributed by atoms with van der Waals surface area (Å²) in [4.78, 5) is 23.0. The molecular formula is C12H18O4. The summed E-state index contributed by atoms with van der Waals surface area (Å²) in [7, 11) is 2.49. The first-order valence-corrected chi connectivity index (χ1v) is 4.92. The molecule has 0 aliphatic rings. The summed E-state index contributed by atoms with van der Waals surface area (Å²) in [5, 5.41) is 0. The van der Waals surface area contributed by atoms with Crippen molar-refractivity contribution in [3.05, 3.63) is 23.8 Å². The Hall–Kier alpha value is -1.58. The van der Waals surface area contributed by atoms with Crippen molar-refractivity contribution in [1.82, 2.24) is 0 Å². The lowest BCUT2D eigenvalue weighted by atomic mass is 9.95. The molecule has 90 valence electrons. The molecule has 0 unspecified atom stereocenters. The fourth-order valence-corrected chi connectivity index (χ4v) is 1.31. The molecule has 0 aromatic carbocycles. The van der Waals surface area contributed by atoms with E-state index < -0.39 is 17.9 Å². The Kier molecular flexibility index (Phi) is 6.15. The van der Waals surface area contributed by atoms with Gasteiger partial charge in [0.2, 0.25) is 0 Å². The van der Waals surface area contributed by atoms with E-state index in [0.29, 0.717) is 12.0 Å². The number of esters is 2. The molecule has 0 bridgehead atoms. The zero-order chi connectivity index (χ0) is 12.7. The van der Waals surface area contributed by atoms with E-state index in [1.54, 1.807) is 13.0 Å². The molecule has 16 heavy (non-hydrogen) atoms. The van der Waals surface area contributed by atoms with Crippen molar-refractivity contribution in [2.75, 3.05) is 14.2 Å². The lowest BCUT2D eigenvalue weighted by Crippen LogP contribution is -2.28. The highest BCUT2D eigenvalue weighted by molar-refractivity contribution is 5.98. The predicted octanol–water partition coefficient (Wildman–Crippen LogP) is 1.86. The van der Waals surface area contributed by atoms with Gasteiger partial charge < -0.3 is 9.47 Å². The highest BCUT2D eigenvalue weighted by Crippen LogP contribution is 2.20. The van der Waals surface area contributed by atoms with Crippen molar-refractivity contribution >= 4 is 11.9 Å². The summed E-state index contributed by atoms with van der Waals surface area (Å²) in [5.41, 5.74) is 1.56. The highest BCUT2D eigenvalue weighted by atomic mass is 16.5. The molecule has 0 saturated heterocycles. The van der Waals surface area contributed by atoms with Crippen LogP contribution >= 0.6 is 0 Å². The average molecular weight is 226 g/mol. The van der Waals surface area contributed by atoms with Gasteiger partial charge in [0.1, 0.15) is 0 Å². The van der Waals surface area contributed by atoms with Crippen LogP contribution in [0.1, 0.15) is 20.3 Å². The van der Waals surface area contributed by atoms with Crippen LogP contribution in [0.5, 0.6) is 0 Å². The summed E-state index contributed by atoms with van der Waals surface area (Å²) in [5.74, 6) is -2.18. The van der Waals surface area contributed by atoms with E-state index in [1.165, 1.54) is 14.2 Å². The Labute approximate surface area is 95.9 Å². The maximum Gasteiger partial charge on any atom is 0.324 e. The maximum atomic E-state index is 11.5. The van der Waals surface area contributed by atoms with Gasteiger partial charge in [-0.3, -0.25) is 9.59 Å². The van der Waals surface area contributed by atoms with Crippen molar-refractivity contribution in [2.45, 2.75) is 20.3 Å². The second-order valence-corrected chi connectivity index (χ2v) is 3.44. The molecule has 0 radical (unpaired) electrons. The minimum absolute atomic E-state index is 0.604. The van der Waals surface area contributed by atoms with Gasteiger partial charge in [0.25, 0.3) is 0 Å². The lowest BCUT2D eigenvalue weighted by Gasteiger charge is -2.15. The highest BCUT2D eigenvalue weighted by Gasteiger charge is 2.31. The first-order valence-electron chi connectivity index (χ1n) is 4.92. The molecule has 0 aliphatic carbocycles. The van der Waals surface area contributed by atoms with Crippen LogP contribution in [0.3, 0.4) is 0 Å². The number of carbonyl (C=O) groups is 2. The molecule has 0 spiro atoms. The lowest BCUT2D eigenvalue weighted by molar-refractivity contribution is -0.156. The van der Waals surface area contributed by atoms with Gasteiger partial charge in [-0.15, -0.1) is 6.58 Å². The van der Waals surface area contributed by atoms with Crippen molar-refractivity contribution in [2.24, 2.45) is 5.92 Å². The Bertz CT molecular complexity index is 299. The predicted molar refractivity (Wildman–Crippen MR) is 60.7 cm³/mol. The third-order valence-corrected chi connectivity index (χ3v) is 2.43. The number of hydrogen-bond donors (Lipinski definition) is 0. The smallest absolute Gasteiger partial charge is 0.324 e. The third-order valence-electron chi connectivity index (χ3n) is 2.43. The molecule has 0 heterocycles. The van der Waals surface area contributed by atoms with Crippen LogP contribution in [0.4, 0.5) is 0 Å². The van der Waals surface area contributed by atoms with E-state index in [1.807, 2.05) is 6.92 Å². The minimum Gasteiger partial charge on any atom is -0.468 e. The Balaban J connectivity index is 5.18. The summed E-state index contributed by atoms with van der Waals surface area (Å²) in [6.45, 7) is 7.17. The van der Waals surface area contributed by atoms with Gasteiger partial charge >= 0.3 is 11.9 Å². The van der Waals surface area contributed by atoms with Gasteiger partial charge in [-0.2, -0.15) is 0 Å². The third kappa shape index (κ3) is 3.53. The van der Waals surface area contributed by atoms with Crippen LogP contribution in [0.15, 0.2) is 23.8 Å². The molecule has 0 aromatic rings. The summed E-state index contributed by atoms with van der Waals surface area (Å²) >= 11 is 0. The van der Waals surface area contributed by atoms with E-state index in [4.69, 9.17) is 0 Å².